The Labute approximate surface area is 340 Å². The number of nitrogens with zero attached hydrogens (tertiary/aromatic N) is 5. The molecule has 2 N–H and O–H groups in total. The molecule has 4 heterocycles. The van der Waals surface area contributed by atoms with Gasteiger partial charge >= 0.3 is 6.01 Å². The highest BCUT2D eigenvalue weighted by atomic mass is 19.1. The zero-order valence-electron chi connectivity index (χ0n) is 36.2. The van der Waals surface area contributed by atoms with Crippen molar-refractivity contribution in [1.82, 2.24) is 14.9 Å². The van der Waals surface area contributed by atoms with E-state index in [2.05, 4.69) is 56.6 Å². The largest absolute Gasteiger partial charge is 0.508 e. The number of halogens is 1. The highest BCUT2D eigenvalue weighted by Gasteiger charge is 2.42. The Bertz CT molecular complexity index is 2140. The Morgan fingerprint density at radius 2 is 1.63 bits per heavy atom. The number of aliphatic hydroxyl groups is 1. The number of aromatic hydroxyl groups is 1. The van der Waals surface area contributed by atoms with Crippen molar-refractivity contribution in [3.63, 3.8) is 0 Å². The van der Waals surface area contributed by atoms with E-state index in [0.717, 1.165) is 101 Å². The number of anilines is 1. The van der Waals surface area contributed by atoms with E-state index >= 15 is 4.39 Å². The van der Waals surface area contributed by atoms with Crippen molar-refractivity contribution in [2.45, 2.75) is 151 Å². The molecule has 2 fully saturated rings. The molecular weight excluding hydrogens is 714 g/mol. The second-order valence-electron chi connectivity index (χ2n) is 17.3. The third-order valence-electron chi connectivity index (χ3n) is 12.7. The molecule has 0 aliphatic carbocycles. The fraction of sp³-hybridized carbons (Fsp3) is 0.604. The van der Waals surface area contributed by atoms with Crippen LogP contribution in [0, 0.1) is 17.2 Å². The van der Waals surface area contributed by atoms with Gasteiger partial charge in [0.15, 0.2) is 0 Å². The molecule has 6 atom stereocenters. The molecule has 8 nitrogen and oxygen atoms in total. The van der Waals surface area contributed by atoms with E-state index in [9.17, 15) is 10.2 Å². The molecule has 3 aromatic carbocycles. The minimum atomic E-state index is -0.384. The lowest BCUT2D eigenvalue weighted by molar-refractivity contribution is 0.111. The molecule has 0 saturated carbocycles. The fourth-order valence-electron chi connectivity index (χ4n) is 9.59. The number of rotatable bonds is 15. The summed E-state index contributed by atoms with van der Waals surface area (Å²) in [5.74, 6) is 0.932. The van der Waals surface area contributed by atoms with E-state index in [1.807, 2.05) is 27.7 Å². The summed E-state index contributed by atoms with van der Waals surface area (Å²) >= 11 is 0. The lowest BCUT2D eigenvalue weighted by Crippen LogP contribution is -2.55. The molecule has 0 radical (unpaired) electrons. The third-order valence-corrected chi connectivity index (χ3v) is 12.7. The Hall–Kier alpha value is -3.82. The lowest BCUT2D eigenvalue weighted by Gasteiger charge is -2.42. The van der Waals surface area contributed by atoms with E-state index in [4.69, 9.17) is 19.7 Å². The van der Waals surface area contributed by atoms with Gasteiger partial charge in [0.25, 0.3) is 0 Å². The molecule has 57 heavy (non-hydrogen) atoms. The first-order chi connectivity index (χ1) is 27.4. The summed E-state index contributed by atoms with van der Waals surface area (Å²) in [6, 6.07) is 9.71. The van der Waals surface area contributed by atoms with Gasteiger partial charge in [0.2, 0.25) is 0 Å². The number of aromatic nitrogens is 2. The van der Waals surface area contributed by atoms with Gasteiger partial charge in [0.05, 0.1) is 35.0 Å². The van der Waals surface area contributed by atoms with Crippen molar-refractivity contribution >= 4 is 33.6 Å². The molecule has 0 amide bonds. The van der Waals surface area contributed by atoms with Crippen molar-refractivity contribution in [3.05, 3.63) is 52.3 Å². The number of β-amino-alcohol motifs (C(OH)–C–C–N with tert-alkyl or cyclic N) is 1. The predicted molar refractivity (Wildman–Crippen MR) is 233 cm³/mol. The van der Waals surface area contributed by atoms with Crippen LogP contribution in [0.15, 0.2) is 35.3 Å². The summed E-state index contributed by atoms with van der Waals surface area (Å²) in [6.45, 7) is 22.0. The Kier molecular flexibility index (Phi) is 13.8. The smallest absolute Gasteiger partial charge is 0.318 e. The van der Waals surface area contributed by atoms with Crippen molar-refractivity contribution in [3.8, 4) is 22.9 Å². The molecule has 4 aromatic rings. The van der Waals surface area contributed by atoms with Crippen molar-refractivity contribution in [2.75, 3.05) is 31.1 Å². The van der Waals surface area contributed by atoms with Gasteiger partial charge in [-0.3, -0.25) is 9.89 Å². The second-order valence-corrected chi connectivity index (χ2v) is 17.3. The maximum Gasteiger partial charge on any atom is 0.318 e. The van der Waals surface area contributed by atoms with Gasteiger partial charge in [-0.1, -0.05) is 92.7 Å². The molecular formula is C48H68FN5O3. The van der Waals surface area contributed by atoms with E-state index < -0.39 is 0 Å². The third kappa shape index (κ3) is 8.95. The van der Waals surface area contributed by atoms with Gasteiger partial charge in [0.1, 0.15) is 17.4 Å². The van der Waals surface area contributed by atoms with Crippen LogP contribution in [0.2, 0.25) is 0 Å². The van der Waals surface area contributed by atoms with Gasteiger partial charge in [-0.2, -0.15) is 9.97 Å². The average molecular weight is 782 g/mol. The lowest BCUT2D eigenvalue weighted by atomic mass is 9.81. The standard InChI is InChI=1S/C46H62FN5O3.C2H6/c1-8-11-13-19-46(7,18-12-9-2)27-55-45-49-40-23-37(36-22-34(54)21-31-14-17-39(47)35(10-3)41(31)36)43-38(20-28(4)30(6)48-43)42(40)44(50-45)52-32-15-16-33(52)26-51(25-32)24-29(5)53;1-2/h14,17,20-23,28-30,32-33,53-54H,8-13,15-16,18-19,24-27H2,1-7H3;1-2H3. The number of fused-ring (bicyclic) bond motifs is 6. The van der Waals surface area contributed by atoms with Crippen LogP contribution in [-0.2, 0) is 6.42 Å². The van der Waals surface area contributed by atoms with Crippen LogP contribution >= 0.6 is 0 Å². The number of aryl methyl sites for hydroxylation is 1. The van der Waals surface area contributed by atoms with Crippen LogP contribution < -0.4 is 20.2 Å². The maximum atomic E-state index is 15.5. The number of piperazine rings is 1. The molecule has 2 saturated heterocycles. The van der Waals surface area contributed by atoms with Gasteiger partial charge in [-0.25, -0.2) is 4.39 Å². The summed E-state index contributed by atoms with van der Waals surface area (Å²) in [6.07, 6.45) is 12.6. The first-order valence-corrected chi connectivity index (χ1v) is 22.1. The number of ether oxygens (including phenoxy) is 1. The van der Waals surface area contributed by atoms with E-state index in [1.54, 1.807) is 18.2 Å². The van der Waals surface area contributed by atoms with E-state index in [-0.39, 0.29) is 47.1 Å². The van der Waals surface area contributed by atoms with Crippen LogP contribution in [0.25, 0.3) is 38.9 Å². The highest BCUT2D eigenvalue weighted by molar-refractivity contribution is 6.03. The molecule has 2 bridgehead atoms. The molecule has 0 spiro atoms. The normalized spacial score (nSPS) is 22.0. The second kappa shape index (κ2) is 18.4. The highest BCUT2D eigenvalue weighted by Crippen LogP contribution is 2.40. The summed E-state index contributed by atoms with van der Waals surface area (Å²) in [5.41, 5.74) is 2.97. The maximum absolute atomic E-state index is 15.5. The van der Waals surface area contributed by atoms with Crippen LogP contribution in [0.1, 0.15) is 126 Å². The first-order valence-electron chi connectivity index (χ1n) is 22.1. The minimum absolute atomic E-state index is 0.00957. The average Bonchev–Trinajstić information content (AvgIpc) is 3.46. The summed E-state index contributed by atoms with van der Waals surface area (Å²) in [7, 11) is 0. The number of benzene rings is 3. The van der Waals surface area contributed by atoms with Crippen molar-refractivity contribution < 1.29 is 19.3 Å². The molecule has 3 aliphatic heterocycles. The number of aliphatic hydroxyl groups excluding tert-OH is 1. The van der Waals surface area contributed by atoms with Gasteiger partial charge in [0, 0.05) is 47.9 Å². The topological polar surface area (TPSA) is 94.3 Å². The number of likely N-dealkylation sites (tertiary alicyclic amines) is 1. The van der Waals surface area contributed by atoms with Gasteiger partial charge in [-0.05, 0) is 98.0 Å². The van der Waals surface area contributed by atoms with Crippen LogP contribution in [0.4, 0.5) is 10.2 Å². The Morgan fingerprint density at radius 3 is 2.30 bits per heavy atom. The SMILES string of the molecule is CC.CCCCCC(C)(CCCC)COc1nc(N2C3CCC2CN(CC(C)O)C3)c2c3c(c(-c4cc(O)cc5ccc(F)c(CC)c45)cc2n1)=NC(C)C(C)C=3. The van der Waals surface area contributed by atoms with Crippen molar-refractivity contribution in [2.24, 2.45) is 16.3 Å². The van der Waals surface area contributed by atoms with E-state index in [0.29, 0.717) is 31.1 Å². The number of phenols is 1. The minimum Gasteiger partial charge on any atom is -0.508 e. The number of phenolic OH excluding ortho intramolecular Hbond substituents is 1. The van der Waals surface area contributed by atoms with Gasteiger partial charge < -0.3 is 19.8 Å². The van der Waals surface area contributed by atoms with Crippen LogP contribution in [0.3, 0.4) is 0 Å². The molecule has 310 valence electrons. The van der Waals surface area contributed by atoms with Crippen LogP contribution in [0.5, 0.6) is 11.8 Å². The summed E-state index contributed by atoms with van der Waals surface area (Å²) < 4.78 is 22.3. The molecule has 9 heteroatoms. The van der Waals surface area contributed by atoms with Gasteiger partial charge in [-0.15, -0.1) is 0 Å². The van der Waals surface area contributed by atoms with Crippen molar-refractivity contribution in [1.29, 1.82) is 0 Å². The molecule has 3 aliphatic rings. The molecule has 6 unspecified atom stereocenters. The van der Waals surface area contributed by atoms with E-state index in [1.165, 1.54) is 25.3 Å². The quantitative estimate of drug-likeness (QED) is 0.116. The number of hydrogen-bond donors (Lipinski definition) is 2. The summed E-state index contributed by atoms with van der Waals surface area (Å²) in [5, 5.41) is 25.8. The predicted octanol–water partition coefficient (Wildman–Crippen LogP) is 9.51. The first kappa shape index (κ1) is 42.8. The zero-order chi connectivity index (χ0) is 41.0. The summed E-state index contributed by atoms with van der Waals surface area (Å²) in [4.78, 5) is 20.9. The Balaban J connectivity index is 0.00000270. The monoisotopic (exact) mass is 782 g/mol. The Morgan fingerprint density at radius 1 is 0.930 bits per heavy atom. The number of hydrogen-bond acceptors (Lipinski definition) is 8. The molecule has 7 rings (SSSR count). The van der Waals surface area contributed by atoms with Crippen LogP contribution in [-0.4, -0.2) is 75.6 Å². The number of unbranched alkanes of at least 4 members (excludes halogenated alkanes) is 3. The zero-order valence-corrected chi connectivity index (χ0v) is 36.2. The fourth-order valence-corrected chi connectivity index (χ4v) is 9.59. The molecule has 1 aromatic heterocycles.